The number of halogens is 1. The average molecular weight is 307 g/mol. The van der Waals surface area contributed by atoms with Gasteiger partial charge in [0.05, 0.1) is 12.1 Å². The van der Waals surface area contributed by atoms with Crippen molar-refractivity contribution in [3.05, 3.63) is 35.6 Å². The van der Waals surface area contributed by atoms with Crippen LogP contribution >= 0.6 is 0 Å². The monoisotopic (exact) mass is 307 g/mol. The van der Waals surface area contributed by atoms with Gasteiger partial charge in [0.15, 0.2) is 5.96 Å². The van der Waals surface area contributed by atoms with Gasteiger partial charge in [0.25, 0.3) is 0 Å². The second kappa shape index (κ2) is 8.13. The van der Waals surface area contributed by atoms with Crippen LogP contribution in [0.1, 0.15) is 44.6 Å². The highest BCUT2D eigenvalue weighted by molar-refractivity contribution is 5.79. The minimum Gasteiger partial charge on any atom is -0.388 e. The molecule has 0 aromatic heterocycles. The summed E-state index contributed by atoms with van der Waals surface area (Å²) < 4.78 is 12.9. The summed E-state index contributed by atoms with van der Waals surface area (Å²) in [6, 6.07) is 6.35. The molecule has 1 fully saturated rings. The van der Waals surface area contributed by atoms with Crippen LogP contribution in [0.3, 0.4) is 0 Å². The first-order valence-corrected chi connectivity index (χ1v) is 8.10. The van der Waals surface area contributed by atoms with E-state index in [2.05, 4.69) is 15.6 Å². The summed E-state index contributed by atoms with van der Waals surface area (Å²) in [6.45, 7) is 3.76. The van der Waals surface area contributed by atoms with Crippen LogP contribution in [0.5, 0.6) is 0 Å². The molecule has 0 spiro atoms. The van der Waals surface area contributed by atoms with Crippen molar-refractivity contribution in [2.75, 3.05) is 13.1 Å². The number of benzene rings is 1. The maximum absolute atomic E-state index is 12.9. The number of hydrogen-bond acceptors (Lipinski definition) is 2. The van der Waals surface area contributed by atoms with E-state index < -0.39 is 5.60 Å². The maximum Gasteiger partial charge on any atom is 0.191 e. The summed E-state index contributed by atoms with van der Waals surface area (Å²) in [5.74, 6) is 0.447. The van der Waals surface area contributed by atoms with E-state index >= 15 is 0 Å². The van der Waals surface area contributed by atoms with Gasteiger partial charge in [-0.05, 0) is 37.5 Å². The quantitative estimate of drug-likeness (QED) is 0.579. The number of guanidine groups is 1. The van der Waals surface area contributed by atoms with Crippen molar-refractivity contribution in [3.8, 4) is 0 Å². The molecule has 122 valence electrons. The second-order valence-corrected chi connectivity index (χ2v) is 5.96. The topological polar surface area (TPSA) is 56.7 Å². The fraction of sp³-hybridized carbons (Fsp3) is 0.588. The Bertz CT molecular complexity index is 481. The molecule has 0 saturated heterocycles. The Morgan fingerprint density at radius 1 is 1.18 bits per heavy atom. The zero-order valence-electron chi connectivity index (χ0n) is 13.2. The highest BCUT2D eigenvalue weighted by atomic mass is 19.1. The maximum atomic E-state index is 12.9. The van der Waals surface area contributed by atoms with Crippen molar-refractivity contribution in [3.63, 3.8) is 0 Å². The summed E-state index contributed by atoms with van der Waals surface area (Å²) in [6.07, 6.45) is 5.07. The smallest absolute Gasteiger partial charge is 0.191 e. The number of rotatable bonds is 5. The van der Waals surface area contributed by atoms with Crippen molar-refractivity contribution in [2.24, 2.45) is 4.99 Å². The molecule has 4 nitrogen and oxygen atoms in total. The lowest BCUT2D eigenvalue weighted by Crippen LogP contribution is -2.48. The molecule has 5 heteroatoms. The Labute approximate surface area is 131 Å². The van der Waals surface area contributed by atoms with Gasteiger partial charge in [-0.3, -0.25) is 0 Å². The van der Waals surface area contributed by atoms with E-state index in [0.29, 0.717) is 19.0 Å². The third-order valence-corrected chi connectivity index (χ3v) is 4.05. The molecule has 1 aromatic rings. The van der Waals surface area contributed by atoms with Crippen LogP contribution in [0, 0.1) is 5.82 Å². The molecule has 0 amide bonds. The fourth-order valence-electron chi connectivity index (χ4n) is 2.74. The van der Waals surface area contributed by atoms with Crippen molar-refractivity contribution >= 4 is 5.96 Å². The van der Waals surface area contributed by atoms with Gasteiger partial charge in [-0.2, -0.15) is 0 Å². The largest absolute Gasteiger partial charge is 0.388 e. The summed E-state index contributed by atoms with van der Waals surface area (Å²) in [4.78, 5) is 4.49. The van der Waals surface area contributed by atoms with E-state index in [1.807, 2.05) is 6.92 Å². The van der Waals surface area contributed by atoms with Gasteiger partial charge in [-0.1, -0.05) is 31.4 Å². The molecule has 0 aliphatic heterocycles. The Balaban J connectivity index is 1.90. The van der Waals surface area contributed by atoms with Gasteiger partial charge >= 0.3 is 0 Å². The van der Waals surface area contributed by atoms with E-state index in [0.717, 1.165) is 37.8 Å². The van der Waals surface area contributed by atoms with Crippen LogP contribution < -0.4 is 10.6 Å². The minimum atomic E-state index is -0.621. The number of aliphatic imine (C=N–C) groups is 1. The van der Waals surface area contributed by atoms with Gasteiger partial charge in [0, 0.05) is 13.1 Å². The van der Waals surface area contributed by atoms with Gasteiger partial charge in [0.1, 0.15) is 5.82 Å². The molecule has 1 saturated carbocycles. The molecular formula is C17H26FN3O. The minimum absolute atomic E-state index is 0.239. The van der Waals surface area contributed by atoms with Crippen LogP contribution in [0.2, 0.25) is 0 Å². The van der Waals surface area contributed by atoms with E-state index in [1.54, 1.807) is 12.1 Å². The molecule has 0 heterocycles. The number of nitrogens with one attached hydrogen (secondary N) is 2. The van der Waals surface area contributed by atoms with Crippen molar-refractivity contribution in [1.29, 1.82) is 0 Å². The first-order chi connectivity index (χ1) is 10.6. The van der Waals surface area contributed by atoms with Gasteiger partial charge in [-0.25, -0.2) is 9.38 Å². The Hall–Kier alpha value is -1.62. The molecule has 0 radical (unpaired) electrons. The molecule has 0 bridgehead atoms. The third-order valence-electron chi connectivity index (χ3n) is 4.05. The molecule has 0 unspecified atom stereocenters. The summed E-state index contributed by atoms with van der Waals surface area (Å²) >= 11 is 0. The highest BCUT2D eigenvalue weighted by Gasteiger charge is 2.29. The molecular weight excluding hydrogens is 281 g/mol. The van der Waals surface area contributed by atoms with Crippen LogP contribution in [-0.4, -0.2) is 29.8 Å². The first kappa shape index (κ1) is 16.7. The van der Waals surface area contributed by atoms with E-state index in [4.69, 9.17) is 0 Å². The Morgan fingerprint density at radius 2 is 1.86 bits per heavy atom. The van der Waals surface area contributed by atoms with Gasteiger partial charge in [0.2, 0.25) is 0 Å². The molecule has 1 aliphatic carbocycles. The van der Waals surface area contributed by atoms with Crippen molar-refractivity contribution < 1.29 is 9.50 Å². The SMILES string of the molecule is CCNC(=NCc1ccc(F)cc1)NCC1(O)CCCCC1. The lowest BCUT2D eigenvalue weighted by atomic mass is 9.85. The lowest BCUT2D eigenvalue weighted by Gasteiger charge is -2.32. The second-order valence-electron chi connectivity index (χ2n) is 5.96. The van der Waals surface area contributed by atoms with Crippen LogP contribution in [0.15, 0.2) is 29.3 Å². The van der Waals surface area contributed by atoms with Crippen molar-refractivity contribution in [1.82, 2.24) is 10.6 Å². The van der Waals surface area contributed by atoms with E-state index in [-0.39, 0.29) is 5.82 Å². The van der Waals surface area contributed by atoms with Crippen LogP contribution in [-0.2, 0) is 6.54 Å². The fourth-order valence-corrected chi connectivity index (χ4v) is 2.74. The number of hydrogen-bond donors (Lipinski definition) is 3. The number of aliphatic hydroxyl groups is 1. The highest BCUT2D eigenvalue weighted by Crippen LogP contribution is 2.27. The van der Waals surface area contributed by atoms with E-state index in [9.17, 15) is 9.50 Å². The molecule has 1 aliphatic rings. The van der Waals surface area contributed by atoms with Crippen molar-refractivity contribution in [2.45, 2.75) is 51.2 Å². The van der Waals surface area contributed by atoms with E-state index in [1.165, 1.54) is 18.6 Å². The normalized spacial score (nSPS) is 18.0. The number of nitrogens with zero attached hydrogens (tertiary/aromatic N) is 1. The molecule has 1 aromatic carbocycles. The molecule has 3 N–H and O–H groups in total. The zero-order valence-corrected chi connectivity index (χ0v) is 13.2. The average Bonchev–Trinajstić information content (AvgIpc) is 2.52. The summed E-state index contributed by atoms with van der Waals surface area (Å²) in [7, 11) is 0. The predicted molar refractivity (Wildman–Crippen MR) is 87.3 cm³/mol. The molecule has 2 rings (SSSR count). The third kappa shape index (κ3) is 5.30. The standard InChI is InChI=1S/C17H26FN3O/c1-2-19-16(20-12-14-6-8-15(18)9-7-14)21-13-17(22)10-4-3-5-11-17/h6-9,22H,2-5,10-13H2,1H3,(H2,19,20,21). The van der Waals surface area contributed by atoms with Crippen LogP contribution in [0.25, 0.3) is 0 Å². The Kier molecular flexibility index (Phi) is 6.19. The van der Waals surface area contributed by atoms with Crippen LogP contribution in [0.4, 0.5) is 4.39 Å². The summed E-state index contributed by atoms with van der Waals surface area (Å²) in [5, 5.41) is 16.9. The Morgan fingerprint density at radius 3 is 2.50 bits per heavy atom. The summed E-state index contributed by atoms with van der Waals surface area (Å²) in [5.41, 5.74) is 0.333. The predicted octanol–water partition coefficient (Wildman–Crippen LogP) is 2.58. The van der Waals surface area contributed by atoms with Gasteiger partial charge in [-0.15, -0.1) is 0 Å². The molecule has 22 heavy (non-hydrogen) atoms. The molecule has 0 atom stereocenters. The zero-order chi connectivity index (χ0) is 15.8. The lowest BCUT2D eigenvalue weighted by molar-refractivity contribution is 0.00859. The van der Waals surface area contributed by atoms with Gasteiger partial charge < -0.3 is 15.7 Å². The first-order valence-electron chi connectivity index (χ1n) is 8.10.